The van der Waals surface area contributed by atoms with Gasteiger partial charge in [-0.2, -0.15) is 5.10 Å². The smallest absolute Gasteiger partial charge is 0.255 e. The number of aromatic nitrogens is 2. The van der Waals surface area contributed by atoms with Crippen molar-refractivity contribution in [2.75, 3.05) is 10.6 Å². The first-order valence-corrected chi connectivity index (χ1v) is 7.97. The van der Waals surface area contributed by atoms with Crippen LogP contribution in [0.2, 0.25) is 0 Å². The molecule has 0 aliphatic heterocycles. The highest BCUT2D eigenvalue weighted by molar-refractivity contribution is 6.05. The van der Waals surface area contributed by atoms with E-state index in [0.29, 0.717) is 17.3 Å². The van der Waals surface area contributed by atoms with Crippen LogP contribution in [0.1, 0.15) is 41.4 Å². The lowest BCUT2D eigenvalue weighted by molar-refractivity contribution is -0.111. The monoisotopic (exact) mass is 324 g/mol. The van der Waals surface area contributed by atoms with Gasteiger partial charge in [0, 0.05) is 11.3 Å². The summed E-state index contributed by atoms with van der Waals surface area (Å²) in [6.07, 6.45) is 6.43. The second-order valence-electron chi connectivity index (χ2n) is 5.90. The van der Waals surface area contributed by atoms with E-state index in [4.69, 9.17) is 0 Å². The molecule has 1 aliphatic carbocycles. The summed E-state index contributed by atoms with van der Waals surface area (Å²) in [6, 6.07) is 7.16. The standard InChI is InChI=1S/C18H20N4O2/c1-3-17(23)20-14-9-7-13(8-10-14)18(24)21-16-11-19-22(12(16)2)15-5-4-6-15/h3,7-11,15H,1,4-6H2,2H3,(H,20,23)(H,21,24). The van der Waals surface area contributed by atoms with Crippen LogP contribution in [-0.4, -0.2) is 21.6 Å². The van der Waals surface area contributed by atoms with E-state index in [1.165, 1.54) is 12.5 Å². The quantitative estimate of drug-likeness (QED) is 0.829. The lowest BCUT2D eigenvalue weighted by atomic mass is 9.93. The second-order valence-corrected chi connectivity index (χ2v) is 5.90. The Morgan fingerprint density at radius 2 is 1.96 bits per heavy atom. The van der Waals surface area contributed by atoms with Crippen molar-refractivity contribution in [1.29, 1.82) is 0 Å². The van der Waals surface area contributed by atoms with Gasteiger partial charge in [-0.25, -0.2) is 0 Å². The van der Waals surface area contributed by atoms with E-state index >= 15 is 0 Å². The molecule has 0 saturated heterocycles. The zero-order valence-corrected chi connectivity index (χ0v) is 13.6. The molecule has 0 bridgehead atoms. The molecule has 2 amide bonds. The molecule has 0 spiro atoms. The average Bonchev–Trinajstić information content (AvgIpc) is 2.87. The second kappa shape index (κ2) is 6.70. The highest BCUT2D eigenvalue weighted by Crippen LogP contribution is 2.33. The lowest BCUT2D eigenvalue weighted by Crippen LogP contribution is -2.19. The first-order valence-electron chi connectivity index (χ1n) is 7.97. The molecule has 1 fully saturated rings. The van der Waals surface area contributed by atoms with Gasteiger partial charge in [0.25, 0.3) is 5.91 Å². The molecule has 1 aliphatic rings. The summed E-state index contributed by atoms with van der Waals surface area (Å²) >= 11 is 0. The van der Waals surface area contributed by atoms with E-state index in [2.05, 4.69) is 22.3 Å². The summed E-state index contributed by atoms with van der Waals surface area (Å²) in [5.74, 6) is -0.487. The van der Waals surface area contributed by atoms with Crippen LogP contribution in [0.15, 0.2) is 43.1 Å². The van der Waals surface area contributed by atoms with Crippen molar-refractivity contribution in [3.8, 4) is 0 Å². The Morgan fingerprint density at radius 1 is 1.25 bits per heavy atom. The van der Waals surface area contributed by atoms with Gasteiger partial charge in [-0.05, 0) is 56.5 Å². The molecule has 1 aromatic carbocycles. The zero-order valence-electron chi connectivity index (χ0n) is 13.6. The van der Waals surface area contributed by atoms with E-state index in [0.717, 1.165) is 24.2 Å². The van der Waals surface area contributed by atoms with Gasteiger partial charge in [0.1, 0.15) is 0 Å². The molecule has 6 nitrogen and oxygen atoms in total. The van der Waals surface area contributed by atoms with Crippen molar-refractivity contribution in [2.24, 2.45) is 0 Å². The van der Waals surface area contributed by atoms with Gasteiger partial charge in [0.05, 0.1) is 23.6 Å². The van der Waals surface area contributed by atoms with E-state index < -0.39 is 0 Å². The maximum Gasteiger partial charge on any atom is 0.255 e. The number of hydrogen-bond acceptors (Lipinski definition) is 3. The highest BCUT2D eigenvalue weighted by atomic mass is 16.2. The average molecular weight is 324 g/mol. The number of nitrogens with one attached hydrogen (secondary N) is 2. The minimum Gasteiger partial charge on any atom is -0.323 e. The predicted molar refractivity (Wildman–Crippen MR) is 93.1 cm³/mol. The fraction of sp³-hybridized carbons (Fsp3) is 0.278. The molecular formula is C18H20N4O2. The van der Waals surface area contributed by atoms with E-state index in [9.17, 15) is 9.59 Å². The summed E-state index contributed by atoms with van der Waals surface area (Å²) < 4.78 is 1.99. The van der Waals surface area contributed by atoms with Crippen molar-refractivity contribution in [3.05, 3.63) is 54.4 Å². The van der Waals surface area contributed by atoms with Crippen LogP contribution in [0.5, 0.6) is 0 Å². The Hall–Kier alpha value is -2.89. The van der Waals surface area contributed by atoms with Gasteiger partial charge < -0.3 is 10.6 Å². The zero-order chi connectivity index (χ0) is 17.1. The minimum atomic E-state index is -0.286. The summed E-state index contributed by atoms with van der Waals surface area (Å²) in [6.45, 7) is 5.37. The number of anilines is 2. The molecule has 1 aromatic heterocycles. The maximum absolute atomic E-state index is 12.4. The third kappa shape index (κ3) is 3.22. The molecule has 6 heteroatoms. The molecule has 2 aromatic rings. The summed E-state index contributed by atoms with van der Waals surface area (Å²) in [7, 11) is 0. The number of amides is 2. The third-order valence-corrected chi connectivity index (χ3v) is 4.31. The van der Waals surface area contributed by atoms with Gasteiger partial charge in [-0.1, -0.05) is 6.58 Å². The number of carbonyl (C=O) groups is 2. The molecule has 2 N–H and O–H groups in total. The first-order chi connectivity index (χ1) is 11.6. The Labute approximate surface area is 140 Å². The highest BCUT2D eigenvalue weighted by Gasteiger charge is 2.23. The fourth-order valence-corrected chi connectivity index (χ4v) is 2.64. The van der Waals surface area contributed by atoms with Crippen molar-refractivity contribution < 1.29 is 9.59 Å². The molecule has 3 rings (SSSR count). The van der Waals surface area contributed by atoms with Gasteiger partial charge in [-0.3, -0.25) is 14.3 Å². The van der Waals surface area contributed by atoms with Crippen LogP contribution in [-0.2, 0) is 4.79 Å². The van der Waals surface area contributed by atoms with E-state index in [1.54, 1.807) is 30.5 Å². The largest absolute Gasteiger partial charge is 0.323 e. The molecule has 0 radical (unpaired) electrons. The molecule has 24 heavy (non-hydrogen) atoms. The Morgan fingerprint density at radius 3 is 2.54 bits per heavy atom. The van der Waals surface area contributed by atoms with Crippen LogP contribution in [0.3, 0.4) is 0 Å². The lowest BCUT2D eigenvalue weighted by Gasteiger charge is -2.26. The van der Waals surface area contributed by atoms with Crippen LogP contribution >= 0.6 is 0 Å². The topological polar surface area (TPSA) is 76.0 Å². The van der Waals surface area contributed by atoms with Crippen LogP contribution < -0.4 is 10.6 Å². The number of carbonyl (C=O) groups excluding carboxylic acids is 2. The Kier molecular flexibility index (Phi) is 4.46. The Balaban J connectivity index is 1.67. The van der Waals surface area contributed by atoms with Crippen LogP contribution in [0.4, 0.5) is 11.4 Å². The van der Waals surface area contributed by atoms with E-state index in [1.807, 2.05) is 11.6 Å². The number of rotatable bonds is 5. The first kappa shape index (κ1) is 16.0. The van der Waals surface area contributed by atoms with Crippen molar-refractivity contribution in [3.63, 3.8) is 0 Å². The summed E-state index contributed by atoms with van der Waals surface area (Å²) in [5.41, 5.74) is 2.84. The van der Waals surface area contributed by atoms with E-state index in [-0.39, 0.29) is 11.8 Å². The van der Waals surface area contributed by atoms with Crippen LogP contribution in [0, 0.1) is 6.92 Å². The Bertz CT molecular complexity index is 773. The van der Waals surface area contributed by atoms with Crippen LogP contribution in [0.25, 0.3) is 0 Å². The number of nitrogens with zero attached hydrogens (tertiary/aromatic N) is 2. The minimum absolute atomic E-state index is 0.201. The fourth-order valence-electron chi connectivity index (χ4n) is 2.64. The molecule has 0 atom stereocenters. The molecule has 1 heterocycles. The summed E-state index contributed by atoms with van der Waals surface area (Å²) in [5, 5.41) is 9.92. The van der Waals surface area contributed by atoms with Crippen molar-refractivity contribution in [1.82, 2.24) is 9.78 Å². The number of benzene rings is 1. The molecule has 124 valence electrons. The van der Waals surface area contributed by atoms with Gasteiger partial charge in [0.15, 0.2) is 0 Å². The molecular weight excluding hydrogens is 304 g/mol. The van der Waals surface area contributed by atoms with Crippen molar-refractivity contribution in [2.45, 2.75) is 32.2 Å². The predicted octanol–water partition coefficient (Wildman–Crippen LogP) is 3.29. The van der Waals surface area contributed by atoms with Gasteiger partial charge in [0.2, 0.25) is 5.91 Å². The SMILES string of the molecule is C=CC(=O)Nc1ccc(C(=O)Nc2cnn(C3CCC3)c2C)cc1. The normalized spacial score (nSPS) is 13.9. The van der Waals surface area contributed by atoms with Gasteiger partial charge in [-0.15, -0.1) is 0 Å². The third-order valence-electron chi connectivity index (χ3n) is 4.31. The number of hydrogen-bond donors (Lipinski definition) is 2. The van der Waals surface area contributed by atoms with Crippen molar-refractivity contribution >= 4 is 23.2 Å². The molecule has 0 unspecified atom stereocenters. The maximum atomic E-state index is 12.4. The summed E-state index contributed by atoms with van der Waals surface area (Å²) in [4.78, 5) is 23.6. The molecule has 1 saturated carbocycles. The van der Waals surface area contributed by atoms with Gasteiger partial charge >= 0.3 is 0 Å².